The molecule has 0 saturated carbocycles. The molecule has 1 unspecified atom stereocenters. The first-order valence-corrected chi connectivity index (χ1v) is 12.6. The van der Waals surface area contributed by atoms with Crippen molar-refractivity contribution in [3.05, 3.63) is 98.3 Å². The lowest BCUT2D eigenvalue weighted by Crippen LogP contribution is -2.39. The van der Waals surface area contributed by atoms with Gasteiger partial charge in [0.15, 0.2) is 0 Å². The van der Waals surface area contributed by atoms with Gasteiger partial charge in [0.25, 0.3) is 5.56 Å². The molecule has 3 heterocycles. The number of hydrogen-bond acceptors (Lipinski definition) is 5. The highest BCUT2D eigenvalue weighted by atomic mass is 35.5. The van der Waals surface area contributed by atoms with Crippen molar-refractivity contribution in [2.45, 2.75) is 32.2 Å². The third-order valence-electron chi connectivity index (χ3n) is 6.95. The van der Waals surface area contributed by atoms with Crippen LogP contribution < -0.4 is 10.6 Å². The Balaban J connectivity index is 1.46. The van der Waals surface area contributed by atoms with Crippen molar-refractivity contribution in [1.82, 2.24) is 9.47 Å². The SMILES string of the molecule is CN1C(Cc2cc3c4c(c2)c(-c2cccc(Cl)c2)cc(=O)n4CCC3)=NN(c2ccc(Cl)cc2)C1O. The van der Waals surface area contributed by atoms with Gasteiger partial charge in [-0.2, -0.15) is 5.10 Å². The molecule has 6 rings (SSSR count). The number of hydrogen-bond donors (Lipinski definition) is 1. The van der Waals surface area contributed by atoms with E-state index >= 15 is 0 Å². The smallest absolute Gasteiger partial charge is 0.251 e. The molecule has 2 aliphatic rings. The number of anilines is 1. The molecule has 6 nitrogen and oxygen atoms in total. The Hall–Kier alpha value is -3.32. The number of aryl methyl sites for hydroxylation is 2. The lowest BCUT2D eigenvalue weighted by atomic mass is 9.92. The second kappa shape index (κ2) is 8.96. The Morgan fingerprint density at radius 3 is 2.61 bits per heavy atom. The first-order chi connectivity index (χ1) is 17.4. The Labute approximate surface area is 218 Å². The molecule has 8 heteroatoms. The summed E-state index contributed by atoms with van der Waals surface area (Å²) in [6.45, 7) is 0.717. The van der Waals surface area contributed by atoms with Crippen molar-refractivity contribution in [2.75, 3.05) is 12.1 Å². The van der Waals surface area contributed by atoms with E-state index in [4.69, 9.17) is 28.3 Å². The van der Waals surface area contributed by atoms with Crippen LogP contribution in [0.5, 0.6) is 0 Å². The molecule has 0 radical (unpaired) electrons. The largest absolute Gasteiger partial charge is 0.355 e. The minimum Gasteiger partial charge on any atom is -0.355 e. The fourth-order valence-electron chi connectivity index (χ4n) is 5.18. The zero-order chi connectivity index (χ0) is 25.0. The number of amidine groups is 1. The van der Waals surface area contributed by atoms with Crippen LogP contribution in [0.2, 0.25) is 10.0 Å². The van der Waals surface area contributed by atoms with E-state index in [1.165, 1.54) is 0 Å². The van der Waals surface area contributed by atoms with E-state index in [2.05, 4.69) is 12.1 Å². The average Bonchev–Trinajstić information content (AvgIpc) is 3.15. The second-order valence-corrected chi connectivity index (χ2v) is 10.2. The second-order valence-electron chi connectivity index (χ2n) is 9.28. The van der Waals surface area contributed by atoms with Crippen LogP contribution in [0.25, 0.3) is 22.0 Å². The Bertz CT molecular complexity index is 1580. The quantitative estimate of drug-likeness (QED) is 0.387. The Kier molecular flexibility index (Phi) is 5.75. The zero-order valence-electron chi connectivity index (χ0n) is 19.7. The number of halogens is 2. The van der Waals surface area contributed by atoms with E-state index in [9.17, 15) is 9.90 Å². The van der Waals surface area contributed by atoms with Gasteiger partial charge in [0.2, 0.25) is 6.35 Å². The highest BCUT2D eigenvalue weighted by Gasteiger charge is 2.31. The van der Waals surface area contributed by atoms with Crippen LogP contribution in [0.4, 0.5) is 5.69 Å². The average molecular weight is 519 g/mol. The summed E-state index contributed by atoms with van der Waals surface area (Å²) in [6.07, 6.45) is 1.46. The van der Waals surface area contributed by atoms with E-state index < -0.39 is 6.35 Å². The van der Waals surface area contributed by atoms with E-state index in [1.807, 2.05) is 48.0 Å². The summed E-state index contributed by atoms with van der Waals surface area (Å²) in [5.74, 6) is 0.748. The van der Waals surface area contributed by atoms with Crippen LogP contribution in [0.3, 0.4) is 0 Å². The lowest BCUT2D eigenvalue weighted by Gasteiger charge is -2.24. The number of benzene rings is 3. The molecule has 1 atom stereocenters. The van der Waals surface area contributed by atoms with Gasteiger partial charge in [-0.05, 0) is 77.6 Å². The fourth-order valence-corrected chi connectivity index (χ4v) is 5.50. The topological polar surface area (TPSA) is 61.1 Å². The number of likely N-dealkylation sites (N-methyl/N-ethyl adjacent to an activating group) is 1. The molecule has 1 N–H and O–H groups in total. The highest BCUT2D eigenvalue weighted by Crippen LogP contribution is 2.34. The number of aliphatic hydroxyl groups is 1. The normalized spacial score (nSPS) is 17.1. The predicted molar refractivity (Wildman–Crippen MR) is 146 cm³/mol. The van der Waals surface area contributed by atoms with E-state index in [-0.39, 0.29) is 5.56 Å². The van der Waals surface area contributed by atoms with Gasteiger partial charge in [-0.25, -0.2) is 5.01 Å². The molecule has 36 heavy (non-hydrogen) atoms. The first-order valence-electron chi connectivity index (χ1n) is 11.9. The molecule has 1 aromatic heterocycles. The van der Waals surface area contributed by atoms with E-state index in [0.29, 0.717) is 16.5 Å². The standard InChI is InChI=1S/C28H24Cl2N4O2/c1-32-25(31-34(28(32)36)22-9-7-20(29)8-10-22)14-17-12-19-5-3-11-33-26(35)16-23(24(13-17)27(19)33)18-4-2-6-21(30)15-18/h2,4,6-10,12-13,15-16,28,36H,3,5,11,14H2,1H3. The maximum Gasteiger partial charge on any atom is 0.251 e. The molecule has 182 valence electrons. The van der Waals surface area contributed by atoms with E-state index in [1.54, 1.807) is 28.1 Å². The molecule has 0 saturated heterocycles. The Morgan fingerprint density at radius 2 is 1.83 bits per heavy atom. The van der Waals surface area contributed by atoms with Crippen molar-refractivity contribution in [1.29, 1.82) is 0 Å². The van der Waals surface area contributed by atoms with Crippen molar-refractivity contribution < 1.29 is 5.11 Å². The third-order valence-corrected chi connectivity index (χ3v) is 7.44. The van der Waals surface area contributed by atoms with Crippen molar-refractivity contribution in [3.8, 4) is 11.1 Å². The van der Waals surface area contributed by atoms with Gasteiger partial charge in [-0.15, -0.1) is 0 Å². The third kappa shape index (κ3) is 3.95. The van der Waals surface area contributed by atoms with E-state index in [0.717, 1.165) is 64.1 Å². The van der Waals surface area contributed by atoms with Crippen molar-refractivity contribution in [2.24, 2.45) is 5.10 Å². The summed E-state index contributed by atoms with van der Waals surface area (Å²) in [4.78, 5) is 14.8. The summed E-state index contributed by atoms with van der Waals surface area (Å²) in [5.41, 5.74) is 5.79. The highest BCUT2D eigenvalue weighted by molar-refractivity contribution is 6.31. The number of aromatic nitrogens is 1. The lowest BCUT2D eigenvalue weighted by molar-refractivity contribution is 0.0802. The molecule has 0 spiro atoms. The predicted octanol–water partition coefficient (Wildman–Crippen LogP) is 5.51. The summed E-state index contributed by atoms with van der Waals surface area (Å²) in [6, 6.07) is 20.9. The number of nitrogens with zero attached hydrogens (tertiary/aromatic N) is 4. The maximum atomic E-state index is 13.0. The molecule has 0 amide bonds. The van der Waals surface area contributed by atoms with Gasteiger partial charge in [-0.1, -0.05) is 41.4 Å². The molecular formula is C28H24Cl2N4O2. The summed E-state index contributed by atoms with van der Waals surface area (Å²) in [5, 5.41) is 19.5. The zero-order valence-corrected chi connectivity index (χ0v) is 21.2. The monoisotopic (exact) mass is 518 g/mol. The summed E-state index contributed by atoms with van der Waals surface area (Å²) < 4.78 is 1.89. The molecule has 0 aliphatic carbocycles. The van der Waals surface area contributed by atoms with Gasteiger partial charge >= 0.3 is 0 Å². The van der Waals surface area contributed by atoms with Crippen LogP contribution in [0.1, 0.15) is 17.5 Å². The van der Waals surface area contributed by atoms with Crippen LogP contribution in [-0.4, -0.2) is 33.8 Å². The molecule has 0 fully saturated rings. The summed E-state index contributed by atoms with van der Waals surface area (Å²) >= 11 is 12.3. The van der Waals surface area contributed by atoms with Crippen LogP contribution in [-0.2, 0) is 19.4 Å². The minimum absolute atomic E-state index is 0.00723. The van der Waals surface area contributed by atoms with Gasteiger partial charge in [0, 0.05) is 41.5 Å². The molecule has 0 bridgehead atoms. The number of aliphatic hydroxyl groups excluding tert-OH is 1. The van der Waals surface area contributed by atoms with Crippen molar-refractivity contribution >= 4 is 45.6 Å². The van der Waals surface area contributed by atoms with Gasteiger partial charge in [0.05, 0.1) is 11.2 Å². The number of rotatable bonds is 4. The first kappa shape index (κ1) is 23.1. The minimum atomic E-state index is -0.910. The van der Waals surface area contributed by atoms with Gasteiger partial charge in [-0.3, -0.25) is 4.79 Å². The van der Waals surface area contributed by atoms with Crippen LogP contribution >= 0.6 is 23.2 Å². The van der Waals surface area contributed by atoms with Gasteiger partial charge in [0.1, 0.15) is 5.84 Å². The Morgan fingerprint density at radius 1 is 1.03 bits per heavy atom. The fraction of sp³-hybridized carbons (Fsp3) is 0.214. The van der Waals surface area contributed by atoms with Crippen molar-refractivity contribution in [3.63, 3.8) is 0 Å². The molecule has 3 aromatic carbocycles. The molecule has 2 aliphatic heterocycles. The van der Waals surface area contributed by atoms with Gasteiger partial charge < -0.3 is 14.6 Å². The molecule has 4 aromatic rings. The number of pyridine rings is 1. The number of hydrazone groups is 1. The molecular weight excluding hydrogens is 495 g/mol. The maximum absolute atomic E-state index is 13.0. The summed E-state index contributed by atoms with van der Waals surface area (Å²) in [7, 11) is 1.83. The van der Waals surface area contributed by atoms with Crippen LogP contribution in [0.15, 0.2) is 76.6 Å². The van der Waals surface area contributed by atoms with Crippen LogP contribution in [0, 0.1) is 0 Å².